The summed E-state index contributed by atoms with van der Waals surface area (Å²) in [5.41, 5.74) is -0.362. The number of hydrogen-bond donors (Lipinski definition) is 0. The van der Waals surface area contributed by atoms with Gasteiger partial charge in [0, 0.05) is 11.6 Å². The molecule has 0 spiro atoms. The standard InChI is InChI=1S/C22H13F7/c1-12-2-4-13(5-3-12)14-8-19(25)21(20(26)9-14)15-10-17(23)16(18(24)11-15)6-7-22(27,28)29/h2-11H,1H3. The molecule has 0 nitrogen and oxygen atoms in total. The summed E-state index contributed by atoms with van der Waals surface area (Å²) in [6, 6.07) is 10.1. The van der Waals surface area contributed by atoms with E-state index in [4.69, 9.17) is 0 Å². The summed E-state index contributed by atoms with van der Waals surface area (Å²) in [6.45, 7) is 1.85. The highest BCUT2D eigenvalue weighted by Gasteiger charge is 2.23. The molecule has 0 radical (unpaired) electrons. The van der Waals surface area contributed by atoms with Gasteiger partial charge in [0.15, 0.2) is 0 Å². The van der Waals surface area contributed by atoms with E-state index in [9.17, 15) is 30.7 Å². The minimum Gasteiger partial charge on any atom is -0.206 e. The minimum atomic E-state index is -4.76. The average molecular weight is 410 g/mol. The van der Waals surface area contributed by atoms with E-state index >= 15 is 0 Å². The van der Waals surface area contributed by atoms with Crippen LogP contribution in [0.1, 0.15) is 11.1 Å². The maximum Gasteiger partial charge on any atom is 0.409 e. The molecule has 0 aliphatic carbocycles. The van der Waals surface area contributed by atoms with Crippen LogP contribution in [0.2, 0.25) is 0 Å². The number of aryl methyl sites for hydroxylation is 1. The van der Waals surface area contributed by atoms with Crippen LogP contribution in [0.15, 0.2) is 54.6 Å². The summed E-state index contributed by atoms with van der Waals surface area (Å²) in [6.07, 6.45) is -4.87. The lowest BCUT2D eigenvalue weighted by Gasteiger charge is -2.11. The van der Waals surface area contributed by atoms with Crippen molar-refractivity contribution in [3.05, 3.63) is 89.0 Å². The lowest BCUT2D eigenvalue weighted by atomic mass is 9.97. The third-order valence-electron chi connectivity index (χ3n) is 4.23. The Hall–Kier alpha value is -3.09. The molecular formula is C22H13F7. The van der Waals surface area contributed by atoms with Crippen molar-refractivity contribution in [2.24, 2.45) is 0 Å². The van der Waals surface area contributed by atoms with Gasteiger partial charge in [-0.2, -0.15) is 13.2 Å². The quantitative estimate of drug-likeness (QED) is 0.393. The molecule has 3 aromatic carbocycles. The molecule has 0 atom stereocenters. The second kappa shape index (κ2) is 7.73. The number of rotatable bonds is 3. The normalized spacial score (nSPS) is 12.0. The fraction of sp³-hybridized carbons (Fsp3) is 0.0909. The van der Waals surface area contributed by atoms with E-state index in [1.54, 1.807) is 24.3 Å². The zero-order valence-electron chi connectivity index (χ0n) is 14.9. The number of benzene rings is 3. The molecule has 0 bridgehead atoms. The lowest BCUT2D eigenvalue weighted by Crippen LogP contribution is -2.01. The first-order chi connectivity index (χ1) is 13.5. The van der Waals surface area contributed by atoms with E-state index in [1.165, 1.54) is 0 Å². The zero-order valence-corrected chi connectivity index (χ0v) is 14.9. The highest BCUT2D eigenvalue weighted by atomic mass is 19.4. The highest BCUT2D eigenvalue weighted by Crippen LogP contribution is 2.33. The van der Waals surface area contributed by atoms with Crippen molar-refractivity contribution in [3.8, 4) is 22.3 Å². The molecule has 0 N–H and O–H groups in total. The van der Waals surface area contributed by atoms with Crippen LogP contribution in [-0.2, 0) is 0 Å². The Morgan fingerprint density at radius 1 is 0.655 bits per heavy atom. The molecule has 0 unspecified atom stereocenters. The Kier molecular flexibility index (Phi) is 5.50. The minimum absolute atomic E-state index is 0.224. The van der Waals surface area contributed by atoms with Gasteiger partial charge in [-0.25, -0.2) is 17.6 Å². The third-order valence-corrected chi connectivity index (χ3v) is 4.23. The van der Waals surface area contributed by atoms with E-state index in [1.807, 2.05) is 6.92 Å². The second-order valence-electron chi connectivity index (χ2n) is 6.41. The maximum atomic E-state index is 14.6. The molecule has 0 heterocycles. The molecule has 0 aliphatic heterocycles. The molecular weight excluding hydrogens is 397 g/mol. The molecule has 0 fully saturated rings. The second-order valence-corrected chi connectivity index (χ2v) is 6.41. The van der Waals surface area contributed by atoms with Gasteiger partial charge in [0.1, 0.15) is 23.3 Å². The number of halogens is 7. The predicted octanol–water partition coefficient (Wildman–Crippen LogP) is 7.46. The van der Waals surface area contributed by atoms with Gasteiger partial charge in [0.05, 0.1) is 5.56 Å². The monoisotopic (exact) mass is 410 g/mol. The fourth-order valence-corrected chi connectivity index (χ4v) is 2.83. The Bertz CT molecular complexity index is 1030. The average Bonchev–Trinajstić information content (AvgIpc) is 2.60. The van der Waals surface area contributed by atoms with Gasteiger partial charge >= 0.3 is 6.18 Å². The molecule has 0 saturated heterocycles. The first kappa shape index (κ1) is 20.6. The predicted molar refractivity (Wildman–Crippen MR) is 97.0 cm³/mol. The Morgan fingerprint density at radius 2 is 1.14 bits per heavy atom. The number of hydrogen-bond acceptors (Lipinski definition) is 0. The van der Waals surface area contributed by atoms with Crippen molar-refractivity contribution in [1.29, 1.82) is 0 Å². The highest BCUT2D eigenvalue weighted by molar-refractivity contribution is 5.73. The Labute approximate surface area is 161 Å². The molecule has 3 aromatic rings. The topological polar surface area (TPSA) is 0 Å². The van der Waals surface area contributed by atoms with Crippen LogP contribution >= 0.6 is 0 Å². The van der Waals surface area contributed by atoms with E-state index < -0.39 is 46.1 Å². The van der Waals surface area contributed by atoms with Crippen LogP contribution in [0.4, 0.5) is 30.7 Å². The van der Waals surface area contributed by atoms with Crippen LogP contribution in [0, 0.1) is 30.2 Å². The molecule has 0 amide bonds. The van der Waals surface area contributed by atoms with Crippen LogP contribution in [0.3, 0.4) is 0 Å². The molecule has 0 aliphatic rings. The molecule has 0 aromatic heterocycles. The summed E-state index contributed by atoms with van der Waals surface area (Å²) >= 11 is 0. The molecule has 150 valence electrons. The molecule has 3 rings (SSSR count). The van der Waals surface area contributed by atoms with Gasteiger partial charge in [-0.1, -0.05) is 29.8 Å². The maximum absolute atomic E-state index is 14.6. The third kappa shape index (κ3) is 4.67. The van der Waals surface area contributed by atoms with Crippen LogP contribution < -0.4 is 0 Å². The Morgan fingerprint density at radius 3 is 1.62 bits per heavy atom. The zero-order chi connectivity index (χ0) is 21.3. The van der Waals surface area contributed by atoms with Crippen LogP contribution in [0.5, 0.6) is 0 Å². The summed E-state index contributed by atoms with van der Waals surface area (Å²) in [7, 11) is 0. The van der Waals surface area contributed by atoms with Crippen molar-refractivity contribution in [2.45, 2.75) is 13.1 Å². The van der Waals surface area contributed by atoms with Crippen molar-refractivity contribution in [2.75, 3.05) is 0 Å². The van der Waals surface area contributed by atoms with Gasteiger partial charge in [-0.05, 0) is 54.0 Å². The number of allylic oxidation sites excluding steroid dienone is 1. The fourth-order valence-electron chi connectivity index (χ4n) is 2.83. The van der Waals surface area contributed by atoms with Crippen LogP contribution in [0.25, 0.3) is 28.3 Å². The van der Waals surface area contributed by atoms with Gasteiger partial charge in [-0.3, -0.25) is 0 Å². The van der Waals surface area contributed by atoms with Crippen molar-refractivity contribution in [3.63, 3.8) is 0 Å². The van der Waals surface area contributed by atoms with Crippen LogP contribution in [-0.4, -0.2) is 6.18 Å². The van der Waals surface area contributed by atoms with E-state index in [0.29, 0.717) is 17.7 Å². The van der Waals surface area contributed by atoms with E-state index in [2.05, 4.69) is 0 Å². The lowest BCUT2D eigenvalue weighted by molar-refractivity contribution is -0.0790. The summed E-state index contributed by atoms with van der Waals surface area (Å²) in [5, 5.41) is 0. The largest absolute Gasteiger partial charge is 0.409 e. The van der Waals surface area contributed by atoms with Crippen molar-refractivity contribution >= 4 is 6.08 Å². The van der Waals surface area contributed by atoms with E-state index in [0.717, 1.165) is 17.7 Å². The summed E-state index contributed by atoms with van der Waals surface area (Å²) in [4.78, 5) is 0. The Balaban J connectivity index is 2.05. The molecule has 7 heteroatoms. The molecule has 0 saturated carbocycles. The first-order valence-corrected chi connectivity index (χ1v) is 8.36. The smallest absolute Gasteiger partial charge is 0.206 e. The van der Waals surface area contributed by atoms with Gasteiger partial charge < -0.3 is 0 Å². The van der Waals surface area contributed by atoms with E-state index in [-0.39, 0.29) is 17.7 Å². The summed E-state index contributed by atoms with van der Waals surface area (Å²) in [5.74, 6) is -4.86. The van der Waals surface area contributed by atoms with Gasteiger partial charge in [0.25, 0.3) is 0 Å². The van der Waals surface area contributed by atoms with Gasteiger partial charge in [-0.15, -0.1) is 0 Å². The number of alkyl halides is 3. The summed E-state index contributed by atoms with van der Waals surface area (Å²) < 4.78 is 94.1. The SMILES string of the molecule is Cc1ccc(-c2cc(F)c(-c3cc(F)c(C=CC(F)(F)F)c(F)c3)c(F)c2)cc1. The first-order valence-electron chi connectivity index (χ1n) is 8.36. The van der Waals surface area contributed by atoms with Crippen molar-refractivity contribution < 1.29 is 30.7 Å². The van der Waals surface area contributed by atoms with Crippen molar-refractivity contribution in [1.82, 2.24) is 0 Å². The molecule has 29 heavy (non-hydrogen) atoms. The van der Waals surface area contributed by atoms with Gasteiger partial charge in [0.2, 0.25) is 0 Å².